The van der Waals surface area contributed by atoms with Crippen molar-refractivity contribution >= 4 is 23.2 Å². The molecule has 2 aromatic heterocycles. The van der Waals surface area contributed by atoms with E-state index in [-0.39, 0.29) is 18.0 Å². The monoisotopic (exact) mass is 308 g/mol. The predicted octanol–water partition coefficient (Wildman–Crippen LogP) is 2.43. The topological polar surface area (TPSA) is 98.0 Å². The smallest absolute Gasteiger partial charge is 0.323 e. The standard InChI is InChI=1S/C13H20N6OS/c1-4-20-13-17-11(16-12(18-13)19-14)15-10(8(2)3)9-6-5-7-21-9/h5-8,10H,4,14H2,1-3H3,(H2,15,16,17,18,19). The molecule has 0 aliphatic heterocycles. The fourth-order valence-electron chi connectivity index (χ4n) is 1.85. The van der Waals surface area contributed by atoms with Crippen molar-refractivity contribution in [1.29, 1.82) is 0 Å². The first-order valence-electron chi connectivity index (χ1n) is 6.79. The quantitative estimate of drug-likeness (QED) is 0.533. The van der Waals surface area contributed by atoms with Crippen LogP contribution in [0, 0.1) is 5.92 Å². The van der Waals surface area contributed by atoms with E-state index in [0.29, 0.717) is 18.5 Å². The number of nitrogens with zero attached hydrogens (tertiary/aromatic N) is 3. The maximum atomic E-state index is 5.38. The Morgan fingerprint density at radius 2 is 2.05 bits per heavy atom. The number of aromatic nitrogens is 3. The van der Waals surface area contributed by atoms with Crippen molar-refractivity contribution in [3.8, 4) is 6.01 Å². The third-order valence-corrected chi connectivity index (χ3v) is 3.77. The molecule has 0 aliphatic carbocycles. The second-order valence-corrected chi connectivity index (χ2v) is 5.70. The van der Waals surface area contributed by atoms with Crippen LogP contribution in [0.25, 0.3) is 0 Å². The first-order chi connectivity index (χ1) is 10.1. The molecular formula is C13H20N6OS. The van der Waals surface area contributed by atoms with Gasteiger partial charge in [-0.05, 0) is 24.3 Å². The Hall–Kier alpha value is -1.93. The number of nitrogens with two attached hydrogens (primary N) is 1. The molecule has 0 bridgehead atoms. The zero-order valence-corrected chi connectivity index (χ0v) is 13.1. The Morgan fingerprint density at radius 3 is 2.62 bits per heavy atom. The molecule has 2 aromatic rings. The van der Waals surface area contributed by atoms with Gasteiger partial charge in [0.15, 0.2) is 0 Å². The molecule has 4 N–H and O–H groups in total. The fraction of sp³-hybridized carbons (Fsp3) is 0.462. The van der Waals surface area contributed by atoms with Crippen LogP contribution >= 0.6 is 11.3 Å². The minimum Gasteiger partial charge on any atom is -0.464 e. The van der Waals surface area contributed by atoms with Gasteiger partial charge in [-0.3, -0.25) is 5.43 Å². The van der Waals surface area contributed by atoms with Crippen LogP contribution in [0.5, 0.6) is 6.01 Å². The molecule has 0 radical (unpaired) electrons. The van der Waals surface area contributed by atoms with E-state index in [0.717, 1.165) is 0 Å². The van der Waals surface area contributed by atoms with Crippen LogP contribution in [-0.2, 0) is 0 Å². The van der Waals surface area contributed by atoms with Crippen molar-refractivity contribution in [1.82, 2.24) is 15.0 Å². The number of anilines is 2. The summed E-state index contributed by atoms with van der Waals surface area (Å²) < 4.78 is 5.33. The van der Waals surface area contributed by atoms with Gasteiger partial charge in [-0.2, -0.15) is 15.0 Å². The van der Waals surface area contributed by atoms with E-state index in [9.17, 15) is 0 Å². The highest BCUT2D eigenvalue weighted by Crippen LogP contribution is 2.29. The Bertz CT molecular complexity index is 560. The summed E-state index contributed by atoms with van der Waals surface area (Å²) in [4.78, 5) is 13.7. The molecule has 114 valence electrons. The van der Waals surface area contributed by atoms with Crippen LogP contribution in [0.3, 0.4) is 0 Å². The maximum absolute atomic E-state index is 5.38. The van der Waals surface area contributed by atoms with E-state index in [1.807, 2.05) is 13.0 Å². The maximum Gasteiger partial charge on any atom is 0.323 e. The third kappa shape index (κ3) is 4.02. The molecule has 0 saturated carbocycles. The summed E-state index contributed by atoms with van der Waals surface area (Å²) in [6, 6.07) is 4.49. The second kappa shape index (κ2) is 7.19. The van der Waals surface area contributed by atoms with Crippen molar-refractivity contribution in [2.24, 2.45) is 11.8 Å². The summed E-state index contributed by atoms with van der Waals surface area (Å²) in [5, 5.41) is 5.38. The van der Waals surface area contributed by atoms with Gasteiger partial charge in [-0.25, -0.2) is 5.84 Å². The number of hydrogen-bond donors (Lipinski definition) is 3. The molecule has 2 rings (SSSR count). The lowest BCUT2D eigenvalue weighted by atomic mass is 10.0. The predicted molar refractivity (Wildman–Crippen MR) is 84.3 cm³/mol. The molecule has 0 aliphatic rings. The lowest BCUT2D eigenvalue weighted by Gasteiger charge is -2.21. The van der Waals surface area contributed by atoms with Crippen LogP contribution in [-0.4, -0.2) is 21.6 Å². The summed E-state index contributed by atoms with van der Waals surface area (Å²) in [6.07, 6.45) is 0. The number of ether oxygens (including phenoxy) is 1. The highest BCUT2D eigenvalue weighted by atomic mass is 32.1. The van der Waals surface area contributed by atoms with E-state index >= 15 is 0 Å². The molecule has 0 fully saturated rings. The SMILES string of the molecule is CCOc1nc(NN)nc(NC(c2cccs2)C(C)C)n1. The van der Waals surface area contributed by atoms with Crippen molar-refractivity contribution < 1.29 is 4.74 Å². The lowest BCUT2D eigenvalue weighted by molar-refractivity contribution is 0.312. The largest absolute Gasteiger partial charge is 0.464 e. The number of thiophene rings is 1. The van der Waals surface area contributed by atoms with Gasteiger partial charge < -0.3 is 10.1 Å². The summed E-state index contributed by atoms with van der Waals surface area (Å²) in [5.41, 5.74) is 2.42. The minimum atomic E-state index is 0.118. The van der Waals surface area contributed by atoms with Crippen LogP contribution < -0.4 is 21.3 Å². The molecule has 2 heterocycles. The third-order valence-electron chi connectivity index (χ3n) is 2.82. The molecular weight excluding hydrogens is 288 g/mol. The zero-order valence-electron chi connectivity index (χ0n) is 12.3. The van der Waals surface area contributed by atoms with Crippen LogP contribution in [0.2, 0.25) is 0 Å². The highest BCUT2D eigenvalue weighted by molar-refractivity contribution is 7.10. The summed E-state index contributed by atoms with van der Waals surface area (Å²) in [6.45, 7) is 6.63. The Kier molecular flexibility index (Phi) is 5.29. The summed E-state index contributed by atoms with van der Waals surface area (Å²) >= 11 is 1.70. The molecule has 1 atom stereocenters. The van der Waals surface area contributed by atoms with Gasteiger partial charge in [0.05, 0.1) is 12.6 Å². The first-order valence-corrected chi connectivity index (χ1v) is 7.67. The Balaban J connectivity index is 2.25. The van der Waals surface area contributed by atoms with E-state index in [4.69, 9.17) is 10.6 Å². The summed E-state index contributed by atoms with van der Waals surface area (Å²) in [5.74, 6) is 6.47. The van der Waals surface area contributed by atoms with Crippen molar-refractivity contribution in [3.05, 3.63) is 22.4 Å². The van der Waals surface area contributed by atoms with Gasteiger partial charge in [-0.1, -0.05) is 19.9 Å². The first kappa shape index (κ1) is 15.5. The van der Waals surface area contributed by atoms with Crippen LogP contribution in [0.1, 0.15) is 31.7 Å². The number of nitrogen functional groups attached to an aromatic ring is 1. The fourth-order valence-corrected chi connectivity index (χ4v) is 2.80. The number of rotatable bonds is 7. The normalized spacial score (nSPS) is 12.2. The average molecular weight is 308 g/mol. The van der Waals surface area contributed by atoms with Gasteiger partial charge in [0.25, 0.3) is 0 Å². The number of nitrogens with one attached hydrogen (secondary N) is 2. The highest BCUT2D eigenvalue weighted by Gasteiger charge is 2.19. The van der Waals surface area contributed by atoms with E-state index in [1.165, 1.54) is 4.88 Å². The van der Waals surface area contributed by atoms with Crippen molar-refractivity contribution in [2.75, 3.05) is 17.3 Å². The zero-order chi connectivity index (χ0) is 15.2. The summed E-state index contributed by atoms with van der Waals surface area (Å²) in [7, 11) is 0. The second-order valence-electron chi connectivity index (χ2n) is 4.72. The van der Waals surface area contributed by atoms with Gasteiger partial charge in [0.2, 0.25) is 11.9 Å². The Labute approximate surface area is 128 Å². The van der Waals surface area contributed by atoms with Crippen molar-refractivity contribution in [2.45, 2.75) is 26.8 Å². The molecule has 0 aromatic carbocycles. The van der Waals surface area contributed by atoms with Crippen LogP contribution in [0.15, 0.2) is 17.5 Å². The van der Waals surface area contributed by atoms with E-state index in [1.54, 1.807) is 11.3 Å². The van der Waals surface area contributed by atoms with Gasteiger partial charge in [0.1, 0.15) is 0 Å². The number of hydrazine groups is 1. The number of hydrogen-bond acceptors (Lipinski definition) is 8. The molecule has 0 saturated heterocycles. The molecule has 0 spiro atoms. The van der Waals surface area contributed by atoms with Crippen LogP contribution in [0.4, 0.5) is 11.9 Å². The average Bonchev–Trinajstić information content (AvgIpc) is 2.98. The molecule has 0 amide bonds. The van der Waals surface area contributed by atoms with E-state index < -0.39 is 0 Å². The molecule has 8 heteroatoms. The van der Waals surface area contributed by atoms with Crippen molar-refractivity contribution in [3.63, 3.8) is 0 Å². The molecule has 1 unspecified atom stereocenters. The molecule has 21 heavy (non-hydrogen) atoms. The van der Waals surface area contributed by atoms with E-state index in [2.05, 4.69) is 51.0 Å². The van der Waals surface area contributed by atoms with Gasteiger partial charge in [-0.15, -0.1) is 11.3 Å². The lowest BCUT2D eigenvalue weighted by Crippen LogP contribution is -2.19. The van der Waals surface area contributed by atoms with Gasteiger partial charge >= 0.3 is 6.01 Å². The minimum absolute atomic E-state index is 0.118. The molecule has 7 nitrogen and oxygen atoms in total. The Morgan fingerprint density at radius 1 is 1.29 bits per heavy atom. The van der Waals surface area contributed by atoms with Gasteiger partial charge in [0, 0.05) is 4.88 Å².